The van der Waals surface area contributed by atoms with E-state index in [1.165, 1.54) is 59.8 Å². The van der Waals surface area contributed by atoms with E-state index >= 15 is 0 Å². The fourth-order valence-electron chi connectivity index (χ4n) is 8.59. The van der Waals surface area contributed by atoms with Gasteiger partial charge in [0.2, 0.25) is 0 Å². The minimum atomic E-state index is 0.629. The third-order valence-corrected chi connectivity index (χ3v) is 11.7. The van der Waals surface area contributed by atoms with Gasteiger partial charge in [-0.3, -0.25) is 0 Å². The third kappa shape index (κ3) is 6.34. The summed E-state index contributed by atoms with van der Waals surface area (Å²) in [6.45, 7) is 7.33. The predicted molar refractivity (Wildman–Crippen MR) is 251 cm³/mol. The second-order valence-corrected chi connectivity index (χ2v) is 15.3. The Bertz CT molecular complexity index is 3470. The van der Waals surface area contributed by atoms with Crippen LogP contribution in [0.4, 0.5) is 5.69 Å². The van der Waals surface area contributed by atoms with Crippen molar-refractivity contribution in [2.45, 2.75) is 0 Å². The summed E-state index contributed by atoms with van der Waals surface area (Å²) in [6, 6.07) is 75.0. The van der Waals surface area contributed by atoms with Crippen LogP contribution in [0.25, 0.3) is 115 Å². The molecule has 0 N–H and O–H groups in total. The average Bonchev–Trinajstić information content (AvgIpc) is 3.33. The van der Waals surface area contributed by atoms with E-state index in [9.17, 15) is 0 Å². The summed E-state index contributed by atoms with van der Waals surface area (Å²) in [5.41, 5.74) is 12.2. The van der Waals surface area contributed by atoms with Gasteiger partial charge in [-0.1, -0.05) is 182 Å². The first kappa shape index (κ1) is 35.0. The van der Waals surface area contributed by atoms with E-state index in [1.807, 2.05) is 42.5 Å². The number of aromatic nitrogens is 2. The Morgan fingerprint density at radius 2 is 0.850 bits per heavy atom. The average molecular weight is 762 g/mol. The first-order chi connectivity index (χ1) is 29.6. The molecular formula is C57H35N3. The molecule has 11 rings (SSSR count). The molecule has 0 aliphatic carbocycles. The van der Waals surface area contributed by atoms with Crippen molar-refractivity contribution >= 4 is 48.8 Å². The van der Waals surface area contributed by atoms with Crippen molar-refractivity contribution < 1.29 is 0 Å². The van der Waals surface area contributed by atoms with E-state index in [0.29, 0.717) is 11.5 Å². The van der Waals surface area contributed by atoms with Gasteiger partial charge in [-0.2, -0.15) is 0 Å². The smallest absolute Gasteiger partial charge is 0.187 e. The number of nitrogens with zero attached hydrogens (tertiary/aromatic N) is 3. The van der Waals surface area contributed by atoms with Crippen molar-refractivity contribution in [1.29, 1.82) is 0 Å². The second-order valence-electron chi connectivity index (χ2n) is 15.3. The number of fused-ring (bicyclic) bond motifs is 5. The first-order valence-corrected chi connectivity index (χ1v) is 20.2. The molecule has 0 bridgehead atoms. The zero-order valence-electron chi connectivity index (χ0n) is 32.5. The van der Waals surface area contributed by atoms with E-state index in [2.05, 4.69) is 175 Å². The Labute approximate surface area is 348 Å². The molecule has 0 aliphatic heterocycles. The highest BCUT2D eigenvalue weighted by molar-refractivity contribution is 6.20. The van der Waals surface area contributed by atoms with Crippen molar-refractivity contribution in [2.24, 2.45) is 0 Å². The van der Waals surface area contributed by atoms with Crippen LogP contribution in [0.3, 0.4) is 0 Å². The maximum atomic E-state index is 7.33. The molecule has 0 spiro atoms. The van der Waals surface area contributed by atoms with E-state index < -0.39 is 0 Å². The predicted octanol–water partition coefficient (Wildman–Crippen LogP) is 15.6. The molecule has 0 aliphatic rings. The van der Waals surface area contributed by atoms with Gasteiger partial charge >= 0.3 is 0 Å². The number of hydrogen-bond acceptors (Lipinski definition) is 2. The summed E-state index contributed by atoms with van der Waals surface area (Å²) in [4.78, 5) is 13.7. The lowest BCUT2D eigenvalue weighted by atomic mass is 9.89. The molecule has 3 heteroatoms. The van der Waals surface area contributed by atoms with Crippen LogP contribution in [-0.4, -0.2) is 9.97 Å². The van der Waals surface area contributed by atoms with Crippen molar-refractivity contribution in [1.82, 2.24) is 9.97 Å². The van der Waals surface area contributed by atoms with Gasteiger partial charge in [-0.15, -0.1) is 0 Å². The molecule has 278 valence electrons. The topological polar surface area (TPSA) is 30.1 Å². The standard InChI is InChI=1S/C57H35N3/c1-58-49-29-26-38(27-30-49)42-14-9-15-47(33-42)55-36-54(59-57(60-55)41-11-3-2-4-12-41)40-20-18-37(19-21-40)43-22-23-45-34-48(25-24-44(45)32-43)56-51-17-8-6-13-46(51)35-53-50-16-7-5-10-39(50)28-31-52(53)56/h2-36H. The van der Waals surface area contributed by atoms with Gasteiger partial charge in [0, 0.05) is 16.7 Å². The monoisotopic (exact) mass is 761 g/mol. The maximum absolute atomic E-state index is 7.33. The normalized spacial score (nSPS) is 11.3. The summed E-state index contributed by atoms with van der Waals surface area (Å²) < 4.78 is 0. The summed E-state index contributed by atoms with van der Waals surface area (Å²) >= 11 is 0. The maximum Gasteiger partial charge on any atom is 0.187 e. The fourth-order valence-corrected chi connectivity index (χ4v) is 8.59. The molecular weight excluding hydrogens is 727 g/mol. The van der Waals surface area contributed by atoms with Crippen molar-refractivity contribution in [3.63, 3.8) is 0 Å². The van der Waals surface area contributed by atoms with Gasteiger partial charge in [0.25, 0.3) is 0 Å². The highest BCUT2D eigenvalue weighted by Crippen LogP contribution is 2.41. The third-order valence-electron chi connectivity index (χ3n) is 11.7. The highest BCUT2D eigenvalue weighted by Gasteiger charge is 2.15. The van der Waals surface area contributed by atoms with Gasteiger partial charge in [0.15, 0.2) is 11.5 Å². The number of hydrogen-bond donors (Lipinski definition) is 0. The minimum absolute atomic E-state index is 0.629. The lowest BCUT2D eigenvalue weighted by molar-refractivity contribution is 1.18. The number of rotatable bonds is 6. The van der Waals surface area contributed by atoms with Crippen LogP contribution in [0, 0.1) is 6.57 Å². The summed E-state index contributed by atoms with van der Waals surface area (Å²) in [6.07, 6.45) is 0. The van der Waals surface area contributed by atoms with Crippen LogP contribution in [0.5, 0.6) is 0 Å². The van der Waals surface area contributed by atoms with Crippen LogP contribution in [0.15, 0.2) is 212 Å². The number of benzene rings is 10. The lowest BCUT2D eigenvalue weighted by Crippen LogP contribution is -1.96. The molecule has 10 aromatic carbocycles. The van der Waals surface area contributed by atoms with Gasteiger partial charge in [0.05, 0.1) is 18.0 Å². The molecule has 0 radical (unpaired) electrons. The lowest BCUT2D eigenvalue weighted by Gasteiger charge is -2.15. The van der Waals surface area contributed by atoms with E-state index in [1.54, 1.807) is 0 Å². The van der Waals surface area contributed by atoms with E-state index in [0.717, 1.165) is 44.8 Å². The Morgan fingerprint density at radius 1 is 0.300 bits per heavy atom. The van der Waals surface area contributed by atoms with Gasteiger partial charge in [-0.05, 0) is 107 Å². The van der Waals surface area contributed by atoms with Crippen LogP contribution < -0.4 is 0 Å². The quantitative estimate of drug-likeness (QED) is 0.0959. The van der Waals surface area contributed by atoms with Gasteiger partial charge in [0.1, 0.15) is 0 Å². The second kappa shape index (κ2) is 14.6. The molecule has 1 heterocycles. The molecule has 0 fully saturated rings. The Morgan fingerprint density at radius 3 is 1.62 bits per heavy atom. The van der Waals surface area contributed by atoms with Crippen LogP contribution in [0.1, 0.15) is 0 Å². The van der Waals surface area contributed by atoms with E-state index in [-0.39, 0.29) is 0 Å². The van der Waals surface area contributed by atoms with Crippen LogP contribution in [-0.2, 0) is 0 Å². The highest BCUT2D eigenvalue weighted by atomic mass is 14.9. The molecule has 1 aromatic heterocycles. The Kier molecular flexibility index (Phi) is 8.54. The molecule has 3 nitrogen and oxygen atoms in total. The Hall–Kier alpha value is -8.19. The van der Waals surface area contributed by atoms with Gasteiger partial charge < -0.3 is 0 Å². The minimum Gasteiger partial charge on any atom is -0.238 e. The molecule has 0 atom stereocenters. The summed E-state index contributed by atoms with van der Waals surface area (Å²) in [5.74, 6) is 0.678. The Balaban J connectivity index is 0.943. The van der Waals surface area contributed by atoms with E-state index in [4.69, 9.17) is 16.5 Å². The molecule has 0 saturated heterocycles. The van der Waals surface area contributed by atoms with Crippen molar-refractivity contribution in [3.8, 4) is 67.3 Å². The van der Waals surface area contributed by atoms with Crippen molar-refractivity contribution in [2.75, 3.05) is 0 Å². The first-order valence-electron chi connectivity index (χ1n) is 20.2. The fraction of sp³-hybridized carbons (Fsp3) is 0. The zero-order chi connectivity index (χ0) is 40.0. The SMILES string of the molecule is [C-]#[N+]c1ccc(-c2cccc(-c3cc(-c4ccc(-c5ccc6cc(-c7c8ccccc8cc8c7ccc7ccccc78)ccc6c5)cc4)nc(-c4ccccc4)n3)c2)cc1. The molecule has 11 aromatic rings. The van der Waals surface area contributed by atoms with Crippen LogP contribution in [0.2, 0.25) is 0 Å². The molecule has 0 saturated carbocycles. The van der Waals surface area contributed by atoms with Crippen molar-refractivity contribution in [3.05, 3.63) is 224 Å². The molecule has 60 heavy (non-hydrogen) atoms. The van der Waals surface area contributed by atoms with Gasteiger partial charge in [-0.25, -0.2) is 14.8 Å². The van der Waals surface area contributed by atoms with Crippen LogP contribution >= 0.6 is 0 Å². The zero-order valence-corrected chi connectivity index (χ0v) is 32.5. The summed E-state index contributed by atoms with van der Waals surface area (Å²) in [7, 11) is 0. The molecule has 0 amide bonds. The largest absolute Gasteiger partial charge is 0.238 e. The molecule has 0 unspecified atom stereocenters. The summed E-state index contributed by atoms with van der Waals surface area (Å²) in [5, 5.41) is 10.0.